The lowest BCUT2D eigenvalue weighted by molar-refractivity contribution is -0.384. The molecule has 0 radical (unpaired) electrons. The van der Waals surface area contributed by atoms with Gasteiger partial charge in [0.25, 0.3) is 5.69 Å². The predicted molar refractivity (Wildman–Crippen MR) is 75.0 cm³/mol. The second-order valence-electron chi connectivity index (χ2n) is 4.38. The quantitative estimate of drug-likeness (QED) is 0.673. The van der Waals surface area contributed by atoms with E-state index in [0.717, 1.165) is 18.6 Å². The van der Waals surface area contributed by atoms with Crippen molar-refractivity contribution in [2.75, 3.05) is 11.9 Å². The minimum atomic E-state index is -1.07. The maximum absolute atomic E-state index is 13.3. The van der Waals surface area contributed by atoms with Crippen molar-refractivity contribution in [1.29, 1.82) is 0 Å². The Labute approximate surface area is 119 Å². The molecule has 1 N–H and O–H groups in total. The average Bonchev–Trinajstić information content (AvgIpc) is 2.47. The molecule has 5 nitrogen and oxygen atoms in total. The number of nitrogens with one attached hydrogen (secondary N) is 1. The Morgan fingerprint density at radius 3 is 2.62 bits per heavy atom. The van der Waals surface area contributed by atoms with Gasteiger partial charge < -0.3 is 5.32 Å². The number of nitro groups is 1. The van der Waals surface area contributed by atoms with Crippen LogP contribution in [0.3, 0.4) is 0 Å². The third kappa shape index (κ3) is 3.31. The van der Waals surface area contributed by atoms with Crippen LogP contribution in [0, 0.1) is 21.7 Å². The molecule has 2 aromatic rings. The van der Waals surface area contributed by atoms with Crippen LogP contribution in [0.4, 0.5) is 20.3 Å². The Balaban J connectivity index is 2.51. The summed E-state index contributed by atoms with van der Waals surface area (Å²) in [5, 5.41) is 14.0. The fourth-order valence-corrected chi connectivity index (χ4v) is 1.81. The van der Waals surface area contributed by atoms with Crippen molar-refractivity contribution < 1.29 is 13.7 Å². The first-order chi connectivity index (χ1) is 10.0. The van der Waals surface area contributed by atoms with Gasteiger partial charge in [-0.25, -0.2) is 13.8 Å². The standard InChI is InChI=1S/C14H13F2N3O2/c1-2-7-17-13-6-5-12(19(20)21)14(18-13)9-3-4-10(15)11(16)8-9/h3-6,8H,2,7H2,1H3,(H,17,18). The molecule has 1 aromatic carbocycles. The highest BCUT2D eigenvalue weighted by atomic mass is 19.2. The highest BCUT2D eigenvalue weighted by Crippen LogP contribution is 2.30. The minimum Gasteiger partial charge on any atom is -0.370 e. The van der Waals surface area contributed by atoms with E-state index in [4.69, 9.17) is 0 Å². The van der Waals surface area contributed by atoms with Gasteiger partial charge in [0.1, 0.15) is 5.82 Å². The number of benzene rings is 1. The number of nitrogens with zero attached hydrogens (tertiary/aromatic N) is 2. The number of rotatable bonds is 5. The monoisotopic (exact) mass is 293 g/mol. The molecule has 2 rings (SSSR count). The molecule has 0 amide bonds. The van der Waals surface area contributed by atoms with Gasteiger partial charge in [0.15, 0.2) is 17.3 Å². The second kappa shape index (κ2) is 6.25. The van der Waals surface area contributed by atoms with Gasteiger partial charge in [-0.05, 0) is 30.7 Å². The van der Waals surface area contributed by atoms with Gasteiger partial charge >= 0.3 is 0 Å². The zero-order valence-electron chi connectivity index (χ0n) is 11.3. The summed E-state index contributed by atoms with van der Waals surface area (Å²) in [6, 6.07) is 5.85. The molecule has 0 saturated carbocycles. The van der Waals surface area contributed by atoms with Crippen LogP contribution in [0.2, 0.25) is 0 Å². The van der Waals surface area contributed by atoms with Crippen molar-refractivity contribution in [2.45, 2.75) is 13.3 Å². The molecule has 1 aromatic heterocycles. The average molecular weight is 293 g/mol. The molecule has 0 bridgehead atoms. The number of hydrogen-bond acceptors (Lipinski definition) is 4. The Bertz CT molecular complexity index is 677. The summed E-state index contributed by atoms with van der Waals surface area (Å²) >= 11 is 0. The van der Waals surface area contributed by atoms with Crippen LogP contribution in [0.5, 0.6) is 0 Å². The normalized spacial score (nSPS) is 10.4. The van der Waals surface area contributed by atoms with Gasteiger partial charge in [0, 0.05) is 18.2 Å². The molecule has 0 saturated heterocycles. The van der Waals surface area contributed by atoms with E-state index in [1.807, 2.05) is 6.92 Å². The third-order valence-electron chi connectivity index (χ3n) is 2.82. The molecule has 1 heterocycles. The lowest BCUT2D eigenvalue weighted by Gasteiger charge is -2.08. The Morgan fingerprint density at radius 2 is 2.00 bits per heavy atom. The van der Waals surface area contributed by atoms with Crippen molar-refractivity contribution in [3.63, 3.8) is 0 Å². The number of aromatic nitrogens is 1. The summed E-state index contributed by atoms with van der Waals surface area (Å²) in [6.45, 7) is 2.62. The van der Waals surface area contributed by atoms with E-state index in [1.54, 1.807) is 0 Å². The van der Waals surface area contributed by atoms with Gasteiger partial charge in [-0.3, -0.25) is 10.1 Å². The van der Waals surface area contributed by atoms with Gasteiger partial charge in [0.05, 0.1) is 4.92 Å². The lowest BCUT2D eigenvalue weighted by Crippen LogP contribution is -2.04. The second-order valence-corrected chi connectivity index (χ2v) is 4.38. The molecular weight excluding hydrogens is 280 g/mol. The molecule has 21 heavy (non-hydrogen) atoms. The highest BCUT2D eigenvalue weighted by molar-refractivity contribution is 5.71. The van der Waals surface area contributed by atoms with Crippen molar-refractivity contribution in [3.05, 3.63) is 52.1 Å². The lowest BCUT2D eigenvalue weighted by atomic mass is 10.1. The van der Waals surface area contributed by atoms with Crippen LogP contribution in [-0.2, 0) is 0 Å². The highest BCUT2D eigenvalue weighted by Gasteiger charge is 2.19. The van der Waals surface area contributed by atoms with Crippen LogP contribution >= 0.6 is 0 Å². The van der Waals surface area contributed by atoms with Crippen molar-refractivity contribution >= 4 is 11.5 Å². The van der Waals surface area contributed by atoms with Crippen LogP contribution in [0.25, 0.3) is 11.3 Å². The molecule has 0 unspecified atom stereocenters. The molecule has 0 spiro atoms. The predicted octanol–water partition coefficient (Wildman–Crippen LogP) is 3.76. The van der Waals surface area contributed by atoms with Gasteiger partial charge in [-0.2, -0.15) is 0 Å². The molecule has 0 atom stereocenters. The third-order valence-corrected chi connectivity index (χ3v) is 2.82. The first-order valence-electron chi connectivity index (χ1n) is 6.37. The summed E-state index contributed by atoms with van der Waals surface area (Å²) < 4.78 is 26.3. The molecular formula is C14H13F2N3O2. The van der Waals surface area contributed by atoms with E-state index in [0.29, 0.717) is 12.4 Å². The Hall–Kier alpha value is -2.57. The summed E-state index contributed by atoms with van der Waals surface area (Å²) in [6.07, 6.45) is 0.860. The zero-order chi connectivity index (χ0) is 15.4. The van der Waals surface area contributed by atoms with E-state index >= 15 is 0 Å². The van der Waals surface area contributed by atoms with Crippen LogP contribution in [-0.4, -0.2) is 16.5 Å². The topological polar surface area (TPSA) is 68.1 Å². The van der Waals surface area contributed by atoms with Crippen molar-refractivity contribution in [3.8, 4) is 11.3 Å². The van der Waals surface area contributed by atoms with Crippen molar-refractivity contribution in [2.24, 2.45) is 0 Å². The Morgan fingerprint density at radius 1 is 1.24 bits per heavy atom. The van der Waals surface area contributed by atoms with Crippen molar-refractivity contribution in [1.82, 2.24) is 4.98 Å². The molecule has 0 aliphatic carbocycles. The number of pyridine rings is 1. The van der Waals surface area contributed by atoms with E-state index in [9.17, 15) is 18.9 Å². The maximum Gasteiger partial charge on any atom is 0.295 e. The molecule has 0 fully saturated rings. The van der Waals surface area contributed by atoms with Crippen LogP contribution in [0.1, 0.15) is 13.3 Å². The smallest absolute Gasteiger partial charge is 0.295 e. The number of hydrogen-bond donors (Lipinski definition) is 1. The maximum atomic E-state index is 13.3. The van der Waals surface area contributed by atoms with E-state index in [2.05, 4.69) is 10.3 Å². The molecule has 7 heteroatoms. The largest absolute Gasteiger partial charge is 0.370 e. The Kier molecular flexibility index (Phi) is 4.42. The van der Waals surface area contributed by atoms with Gasteiger partial charge in [-0.15, -0.1) is 0 Å². The summed E-state index contributed by atoms with van der Waals surface area (Å²) in [7, 11) is 0. The summed E-state index contributed by atoms with van der Waals surface area (Å²) in [4.78, 5) is 14.6. The van der Waals surface area contributed by atoms with E-state index < -0.39 is 16.6 Å². The summed E-state index contributed by atoms with van der Waals surface area (Å²) in [5.74, 6) is -1.64. The molecule has 0 aliphatic heterocycles. The molecule has 110 valence electrons. The first kappa shape index (κ1) is 14.8. The first-order valence-corrected chi connectivity index (χ1v) is 6.37. The number of anilines is 1. The van der Waals surface area contributed by atoms with Gasteiger partial charge in [0.2, 0.25) is 0 Å². The van der Waals surface area contributed by atoms with Crippen LogP contribution < -0.4 is 5.32 Å². The fourth-order valence-electron chi connectivity index (χ4n) is 1.81. The van der Waals surface area contributed by atoms with Gasteiger partial charge in [-0.1, -0.05) is 6.92 Å². The fraction of sp³-hybridized carbons (Fsp3) is 0.214. The van der Waals surface area contributed by atoms with E-state index in [1.165, 1.54) is 18.2 Å². The van der Waals surface area contributed by atoms with Crippen LogP contribution in [0.15, 0.2) is 30.3 Å². The molecule has 0 aliphatic rings. The summed E-state index contributed by atoms with van der Waals surface area (Å²) in [5.41, 5.74) is -0.108. The SMILES string of the molecule is CCCNc1ccc([N+](=O)[O-])c(-c2ccc(F)c(F)c2)n1. The minimum absolute atomic E-state index is 0.00000283. The van der Waals surface area contributed by atoms with E-state index in [-0.39, 0.29) is 16.9 Å². The number of halogens is 2. The zero-order valence-corrected chi connectivity index (χ0v) is 11.3.